The van der Waals surface area contributed by atoms with Crippen LogP contribution in [0.4, 0.5) is 28.9 Å². The normalized spacial score (nSPS) is 14.0. The Morgan fingerprint density at radius 3 is 2.10 bits per heavy atom. The smallest absolute Gasteiger partial charge is 0.478 e. The lowest BCUT2D eigenvalue weighted by Crippen LogP contribution is -2.49. The highest BCUT2D eigenvalue weighted by Crippen LogP contribution is 2.27. The third kappa shape index (κ3) is 10.5. The lowest BCUT2D eigenvalue weighted by atomic mass is 10.1. The van der Waals surface area contributed by atoms with Crippen LogP contribution in [0.25, 0.3) is 0 Å². The standard InChI is InChI=1S/C22H27FN4O6S.C2HF3O2/c1-33-13-8-24-21(28)15-26-9-11-27(12-10-26)17-4-7-20(19(14-17)22(29)30)25-34(31,32)18-5-2-16(23)3-6-18;3-2(4,5)1(6)7/h2-7,14,25H,8-13,15H2,1H3,(H,24,28)(H,29,30);(H,6,7). The maximum absolute atomic E-state index is 13.1. The number of nitrogens with one attached hydrogen (secondary N) is 2. The van der Waals surface area contributed by atoms with Crippen LogP contribution in [0.2, 0.25) is 0 Å². The molecule has 12 nitrogen and oxygen atoms in total. The minimum absolute atomic E-state index is 0.0866. The van der Waals surface area contributed by atoms with E-state index in [1.165, 1.54) is 12.1 Å². The number of carboxylic acid groups (broad SMARTS) is 2. The molecule has 1 saturated heterocycles. The number of nitrogens with zero attached hydrogens (tertiary/aromatic N) is 2. The highest BCUT2D eigenvalue weighted by atomic mass is 32.2. The summed E-state index contributed by atoms with van der Waals surface area (Å²) in [6.45, 7) is 3.53. The highest BCUT2D eigenvalue weighted by Gasteiger charge is 2.38. The monoisotopic (exact) mass is 608 g/mol. The zero-order valence-electron chi connectivity index (χ0n) is 21.6. The van der Waals surface area contributed by atoms with E-state index in [4.69, 9.17) is 14.6 Å². The van der Waals surface area contributed by atoms with Crippen molar-refractivity contribution in [2.24, 2.45) is 0 Å². The van der Waals surface area contributed by atoms with Gasteiger partial charge in [0.2, 0.25) is 5.91 Å². The van der Waals surface area contributed by atoms with E-state index >= 15 is 0 Å². The minimum atomic E-state index is -5.08. The molecule has 226 valence electrons. The number of hydrogen-bond acceptors (Lipinski definition) is 8. The molecule has 41 heavy (non-hydrogen) atoms. The number of hydrogen-bond donors (Lipinski definition) is 4. The number of carboxylic acids is 2. The molecular formula is C24H28F4N4O8S. The number of rotatable bonds is 10. The molecule has 1 fully saturated rings. The number of methoxy groups -OCH3 is 1. The Morgan fingerprint density at radius 1 is 1.00 bits per heavy atom. The van der Waals surface area contributed by atoms with E-state index in [2.05, 4.69) is 10.0 Å². The fourth-order valence-electron chi connectivity index (χ4n) is 3.53. The van der Waals surface area contributed by atoms with Gasteiger partial charge in [-0.3, -0.25) is 14.4 Å². The average Bonchev–Trinajstić information content (AvgIpc) is 2.89. The van der Waals surface area contributed by atoms with Gasteiger partial charge < -0.3 is 25.2 Å². The van der Waals surface area contributed by atoms with Gasteiger partial charge >= 0.3 is 18.1 Å². The maximum atomic E-state index is 13.1. The maximum Gasteiger partial charge on any atom is 0.490 e. The molecule has 0 atom stereocenters. The molecule has 1 heterocycles. The number of benzene rings is 2. The predicted molar refractivity (Wildman–Crippen MR) is 138 cm³/mol. The van der Waals surface area contributed by atoms with E-state index in [1.54, 1.807) is 13.2 Å². The summed E-state index contributed by atoms with van der Waals surface area (Å²) in [5, 5.41) is 19.6. The molecule has 0 aliphatic carbocycles. The first-order valence-electron chi connectivity index (χ1n) is 11.8. The van der Waals surface area contributed by atoms with E-state index in [0.29, 0.717) is 45.0 Å². The molecule has 0 radical (unpaired) electrons. The van der Waals surface area contributed by atoms with Gasteiger partial charge in [0.05, 0.1) is 29.3 Å². The Labute approximate surface area is 232 Å². The summed E-state index contributed by atoms with van der Waals surface area (Å²) in [5.41, 5.74) is 0.335. The molecule has 3 rings (SSSR count). The number of aliphatic carboxylic acids is 1. The van der Waals surface area contributed by atoms with E-state index in [9.17, 15) is 40.7 Å². The van der Waals surface area contributed by atoms with E-state index in [-0.39, 0.29) is 28.6 Å². The Bertz CT molecular complexity index is 1320. The number of piperazine rings is 1. The molecule has 0 bridgehead atoms. The van der Waals surface area contributed by atoms with Crippen molar-refractivity contribution >= 4 is 39.2 Å². The van der Waals surface area contributed by atoms with Crippen molar-refractivity contribution < 1.29 is 55.3 Å². The molecule has 0 aromatic heterocycles. The van der Waals surface area contributed by atoms with Crippen LogP contribution >= 0.6 is 0 Å². The average molecular weight is 609 g/mol. The molecule has 1 aliphatic heterocycles. The molecular weight excluding hydrogens is 580 g/mol. The predicted octanol–water partition coefficient (Wildman–Crippen LogP) is 1.84. The Balaban J connectivity index is 0.000000745. The van der Waals surface area contributed by atoms with Crippen LogP contribution in [-0.2, 0) is 24.3 Å². The molecule has 2 aromatic carbocycles. The van der Waals surface area contributed by atoms with E-state index in [1.807, 2.05) is 9.80 Å². The first kappa shape index (κ1) is 33.2. The number of sulfonamides is 1. The van der Waals surface area contributed by atoms with Crippen molar-refractivity contribution in [3.8, 4) is 0 Å². The van der Waals surface area contributed by atoms with Crippen LogP contribution < -0.4 is 14.9 Å². The zero-order valence-corrected chi connectivity index (χ0v) is 22.5. The van der Waals surface area contributed by atoms with Crippen molar-refractivity contribution in [2.75, 3.05) is 62.6 Å². The van der Waals surface area contributed by atoms with Crippen LogP contribution in [0.1, 0.15) is 10.4 Å². The summed E-state index contributed by atoms with van der Waals surface area (Å²) in [7, 11) is -2.53. The van der Waals surface area contributed by atoms with Gasteiger partial charge in [-0.15, -0.1) is 0 Å². The van der Waals surface area contributed by atoms with Gasteiger partial charge in [0.25, 0.3) is 10.0 Å². The lowest BCUT2D eigenvalue weighted by molar-refractivity contribution is -0.192. The number of amides is 1. The number of alkyl halides is 3. The Morgan fingerprint density at radius 2 is 1.59 bits per heavy atom. The summed E-state index contributed by atoms with van der Waals surface area (Å²) < 4.78 is 77.2. The minimum Gasteiger partial charge on any atom is -0.478 e. The van der Waals surface area contributed by atoms with E-state index in [0.717, 1.165) is 24.3 Å². The van der Waals surface area contributed by atoms with Gasteiger partial charge in [-0.2, -0.15) is 13.2 Å². The van der Waals surface area contributed by atoms with Crippen LogP contribution in [0, 0.1) is 5.82 Å². The van der Waals surface area contributed by atoms with E-state index < -0.39 is 34.0 Å². The molecule has 17 heteroatoms. The lowest BCUT2D eigenvalue weighted by Gasteiger charge is -2.36. The first-order chi connectivity index (χ1) is 19.1. The van der Waals surface area contributed by atoms with Crippen molar-refractivity contribution in [2.45, 2.75) is 11.1 Å². The molecule has 4 N–H and O–H groups in total. The fourth-order valence-corrected chi connectivity index (χ4v) is 4.61. The summed E-state index contributed by atoms with van der Waals surface area (Å²) in [6.07, 6.45) is -5.08. The summed E-state index contributed by atoms with van der Waals surface area (Å²) in [4.78, 5) is 36.5. The number of ether oxygens (including phenoxy) is 1. The number of anilines is 2. The first-order valence-corrected chi connectivity index (χ1v) is 13.3. The van der Waals surface area contributed by atoms with Gasteiger partial charge in [0.15, 0.2) is 0 Å². The zero-order chi connectivity index (χ0) is 30.8. The van der Waals surface area contributed by atoms with Crippen LogP contribution in [0.5, 0.6) is 0 Å². The molecule has 0 saturated carbocycles. The molecule has 1 amide bonds. The Hall–Kier alpha value is -3.96. The fraction of sp³-hybridized carbons (Fsp3) is 0.375. The van der Waals surface area contributed by atoms with Gasteiger partial charge in [0.1, 0.15) is 5.82 Å². The van der Waals surface area contributed by atoms with Gasteiger partial charge in [0, 0.05) is 45.5 Å². The van der Waals surface area contributed by atoms with Crippen LogP contribution in [0.3, 0.4) is 0 Å². The Kier molecular flexibility index (Phi) is 11.8. The molecule has 1 aliphatic rings. The third-order valence-corrected chi connectivity index (χ3v) is 6.96. The SMILES string of the molecule is COCCNC(=O)CN1CCN(c2ccc(NS(=O)(=O)c3ccc(F)cc3)c(C(=O)O)c2)CC1.O=C(O)C(F)(F)F. The number of carbonyl (C=O) groups excluding carboxylic acids is 1. The number of aromatic carboxylic acids is 1. The second-order valence-electron chi connectivity index (χ2n) is 8.50. The van der Waals surface area contributed by atoms with Crippen molar-refractivity contribution in [1.29, 1.82) is 0 Å². The second-order valence-corrected chi connectivity index (χ2v) is 10.2. The highest BCUT2D eigenvalue weighted by molar-refractivity contribution is 7.92. The van der Waals surface area contributed by atoms with Gasteiger partial charge in [-0.1, -0.05) is 0 Å². The number of halogens is 4. The largest absolute Gasteiger partial charge is 0.490 e. The second kappa shape index (κ2) is 14.6. The summed E-state index contributed by atoms with van der Waals surface area (Å²) in [5.74, 6) is -4.71. The van der Waals surface area contributed by atoms with Gasteiger partial charge in [-0.25, -0.2) is 22.4 Å². The topological polar surface area (TPSA) is 166 Å². The molecule has 0 spiro atoms. The summed E-state index contributed by atoms with van der Waals surface area (Å²) >= 11 is 0. The van der Waals surface area contributed by atoms with Gasteiger partial charge in [-0.05, 0) is 42.5 Å². The van der Waals surface area contributed by atoms with Crippen molar-refractivity contribution in [3.05, 3.63) is 53.8 Å². The van der Waals surface area contributed by atoms with Crippen LogP contribution in [0.15, 0.2) is 47.4 Å². The quantitative estimate of drug-likeness (QED) is 0.231. The number of carbonyl (C=O) groups is 3. The summed E-state index contributed by atoms with van der Waals surface area (Å²) in [6, 6.07) is 8.68. The molecule has 2 aromatic rings. The van der Waals surface area contributed by atoms with Crippen molar-refractivity contribution in [1.82, 2.24) is 10.2 Å². The molecule has 0 unspecified atom stereocenters. The third-order valence-electron chi connectivity index (χ3n) is 5.58. The van der Waals surface area contributed by atoms with Crippen LogP contribution in [-0.4, -0.2) is 101 Å². The van der Waals surface area contributed by atoms with Crippen molar-refractivity contribution in [3.63, 3.8) is 0 Å².